The zero-order chi connectivity index (χ0) is 16.9. The van der Waals surface area contributed by atoms with E-state index in [0.717, 1.165) is 18.5 Å². The van der Waals surface area contributed by atoms with Gasteiger partial charge in [0.2, 0.25) is 0 Å². The third kappa shape index (κ3) is 4.08. The van der Waals surface area contributed by atoms with Crippen molar-refractivity contribution in [3.8, 4) is 16.9 Å². The Hall–Kier alpha value is -2.04. The van der Waals surface area contributed by atoms with E-state index in [0.29, 0.717) is 28.7 Å². The number of benzene rings is 2. The lowest BCUT2D eigenvalue weighted by Crippen LogP contribution is -2.30. The van der Waals surface area contributed by atoms with Crippen molar-refractivity contribution in [2.45, 2.75) is 25.3 Å². The number of phenolic OH excluding ortho intramolecular Hbond substituents is 1. The number of amides is 1. The van der Waals surface area contributed by atoms with E-state index >= 15 is 0 Å². The molecule has 0 unspecified atom stereocenters. The van der Waals surface area contributed by atoms with E-state index in [2.05, 4.69) is 10.6 Å². The molecule has 1 aliphatic heterocycles. The van der Waals surface area contributed by atoms with Gasteiger partial charge < -0.3 is 15.7 Å². The topological polar surface area (TPSA) is 61.4 Å². The number of hydrogen-bond donors (Lipinski definition) is 3. The Bertz CT molecular complexity index is 727. The van der Waals surface area contributed by atoms with Gasteiger partial charge in [-0.1, -0.05) is 23.7 Å². The minimum atomic E-state index is -0.101. The molecule has 1 atom stereocenters. The molecule has 1 saturated heterocycles. The van der Waals surface area contributed by atoms with Gasteiger partial charge in [-0.3, -0.25) is 4.79 Å². The van der Waals surface area contributed by atoms with E-state index in [4.69, 9.17) is 11.6 Å². The van der Waals surface area contributed by atoms with Gasteiger partial charge >= 0.3 is 0 Å². The lowest BCUT2D eigenvalue weighted by Gasteiger charge is -2.11. The van der Waals surface area contributed by atoms with E-state index in [1.807, 2.05) is 12.1 Å². The number of rotatable bonds is 5. The molecule has 0 aromatic heterocycles. The number of hydrogen-bond acceptors (Lipinski definition) is 3. The average Bonchev–Trinajstić information content (AvgIpc) is 3.10. The molecule has 1 heterocycles. The predicted molar refractivity (Wildman–Crippen MR) is 96.5 cm³/mol. The first-order valence-corrected chi connectivity index (χ1v) is 8.62. The third-order valence-electron chi connectivity index (χ3n) is 4.34. The summed E-state index contributed by atoms with van der Waals surface area (Å²) in [7, 11) is 0. The quantitative estimate of drug-likeness (QED) is 0.776. The molecule has 3 rings (SSSR count). The highest BCUT2D eigenvalue weighted by atomic mass is 35.5. The lowest BCUT2D eigenvalue weighted by atomic mass is 10.0. The second kappa shape index (κ2) is 7.69. The molecule has 1 amide bonds. The van der Waals surface area contributed by atoms with Crippen molar-refractivity contribution >= 4 is 17.5 Å². The standard InChI is InChI=1S/C19H21ClN2O2/c20-15-6-7-18(23)17(12-15)13-3-1-4-14(11-13)19(24)22-10-8-16-5-2-9-21-16/h1,3-4,6-7,11-12,16,21,23H,2,5,8-10H2,(H,22,24)/t16-/m1/s1. The fraction of sp³-hybridized carbons (Fsp3) is 0.316. The average molecular weight is 345 g/mol. The highest BCUT2D eigenvalue weighted by Gasteiger charge is 2.14. The summed E-state index contributed by atoms with van der Waals surface area (Å²) in [5.74, 6) is 0.0423. The van der Waals surface area contributed by atoms with Crippen LogP contribution in [0.15, 0.2) is 42.5 Å². The van der Waals surface area contributed by atoms with E-state index in [-0.39, 0.29) is 11.7 Å². The van der Waals surface area contributed by atoms with Crippen LogP contribution in [0, 0.1) is 0 Å². The molecule has 126 valence electrons. The van der Waals surface area contributed by atoms with Crippen LogP contribution in [0.5, 0.6) is 5.75 Å². The van der Waals surface area contributed by atoms with E-state index in [1.165, 1.54) is 12.8 Å². The van der Waals surface area contributed by atoms with Crippen LogP contribution in [0.25, 0.3) is 11.1 Å². The summed E-state index contributed by atoms with van der Waals surface area (Å²) < 4.78 is 0. The van der Waals surface area contributed by atoms with Crippen LogP contribution in [0.1, 0.15) is 29.6 Å². The van der Waals surface area contributed by atoms with Crippen LogP contribution in [-0.4, -0.2) is 30.1 Å². The van der Waals surface area contributed by atoms with Gasteiger partial charge in [0.25, 0.3) is 5.91 Å². The highest BCUT2D eigenvalue weighted by Crippen LogP contribution is 2.32. The van der Waals surface area contributed by atoms with Crippen molar-refractivity contribution in [1.82, 2.24) is 10.6 Å². The van der Waals surface area contributed by atoms with Crippen molar-refractivity contribution < 1.29 is 9.90 Å². The van der Waals surface area contributed by atoms with Crippen LogP contribution in [0.3, 0.4) is 0 Å². The maximum Gasteiger partial charge on any atom is 0.251 e. The van der Waals surface area contributed by atoms with Gasteiger partial charge in [-0.25, -0.2) is 0 Å². The fourth-order valence-electron chi connectivity index (χ4n) is 3.03. The van der Waals surface area contributed by atoms with Crippen molar-refractivity contribution in [2.24, 2.45) is 0 Å². The summed E-state index contributed by atoms with van der Waals surface area (Å²) in [6.07, 6.45) is 3.34. The molecule has 0 radical (unpaired) electrons. The SMILES string of the molecule is O=C(NCC[C@H]1CCCN1)c1cccc(-c2cc(Cl)ccc2O)c1. The van der Waals surface area contributed by atoms with Crippen molar-refractivity contribution in [3.63, 3.8) is 0 Å². The van der Waals surface area contributed by atoms with E-state index in [1.54, 1.807) is 30.3 Å². The van der Waals surface area contributed by atoms with Crippen LogP contribution < -0.4 is 10.6 Å². The zero-order valence-electron chi connectivity index (χ0n) is 13.4. The molecule has 0 aliphatic carbocycles. The lowest BCUT2D eigenvalue weighted by molar-refractivity contribution is 0.0952. The molecule has 3 N–H and O–H groups in total. The van der Waals surface area contributed by atoms with Gasteiger partial charge in [0.15, 0.2) is 0 Å². The Morgan fingerprint density at radius 3 is 2.96 bits per heavy atom. The summed E-state index contributed by atoms with van der Waals surface area (Å²) in [6, 6.07) is 12.6. The van der Waals surface area contributed by atoms with Crippen molar-refractivity contribution in [3.05, 3.63) is 53.1 Å². The molecule has 0 saturated carbocycles. The molecular weight excluding hydrogens is 324 g/mol. The number of phenols is 1. The van der Waals surface area contributed by atoms with E-state index < -0.39 is 0 Å². The minimum absolute atomic E-state index is 0.101. The second-order valence-electron chi connectivity index (χ2n) is 6.08. The Labute approximate surface area is 146 Å². The summed E-state index contributed by atoms with van der Waals surface area (Å²) in [4.78, 5) is 12.3. The molecule has 2 aromatic carbocycles. The van der Waals surface area contributed by atoms with Gasteiger partial charge in [-0.2, -0.15) is 0 Å². The Morgan fingerprint density at radius 1 is 1.29 bits per heavy atom. The van der Waals surface area contributed by atoms with Crippen LogP contribution in [0.4, 0.5) is 0 Å². The van der Waals surface area contributed by atoms with Gasteiger partial charge in [0.05, 0.1) is 0 Å². The monoisotopic (exact) mass is 344 g/mol. The molecule has 5 heteroatoms. The maximum absolute atomic E-state index is 12.3. The number of halogens is 1. The van der Waals surface area contributed by atoms with Crippen LogP contribution in [0.2, 0.25) is 5.02 Å². The summed E-state index contributed by atoms with van der Waals surface area (Å²) in [6.45, 7) is 1.73. The summed E-state index contributed by atoms with van der Waals surface area (Å²) in [5, 5.41) is 16.9. The Morgan fingerprint density at radius 2 is 2.17 bits per heavy atom. The van der Waals surface area contributed by atoms with Crippen LogP contribution in [-0.2, 0) is 0 Å². The smallest absolute Gasteiger partial charge is 0.251 e. The zero-order valence-corrected chi connectivity index (χ0v) is 14.1. The molecule has 1 aliphatic rings. The van der Waals surface area contributed by atoms with Gasteiger partial charge in [-0.05, 0) is 61.7 Å². The van der Waals surface area contributed by atoms with Gasteiger partial charge in [0, 0.05) is 28.7 Å². The minimum Gasteiger partial charge on any atom is -0.507 e. The first-order valence-electron chi connectivity index (χ1n) is 8.24. The van der Waals surface area contributed by atoms with Gasteiger partial charge in [0.1, 0.15) is 5.75 Å². The molecule has 24 heavy (non-hydrogen) atoms. The molecule has 0 spiro atoms. The first kappa shape index (κ1) is 16.8. The Kier molecular flexibility index (Phi) is 5.38. The summed E-state index contributed by atoms with van der Waals surface area (Å²) >= 11 is 6.00. The molecule has 0 bridgehead atoms. The maximum atomic E-state index is 12.3. The number of nitrogens with one attached hydrogen (secondary N) is 2. The highest BCUT2D eigenvalue weighted by molar-refractivity contribution is 6.31. The van der Waals surface area contributed by atoms with Crippen molar-refractivity contribution in [1.29, 1.82) is 0 Å². The van der Waals surface area contributed by atoms with Crippen molar-refractivity contribution in [2.75, 3.05) is 13.1 Å². The molecule has 2 aromatic rings. The normalized spacial score (nSPS) is 17.0. The second-order valence-corrected chi connectivity index (χ2v) is 6.52. The van der Waals surface area contributed by atoms with E-state index in [9.17, 15) is 9.90 Å². The Balaban J connectivity index is 1.68. The number of carbonyl (C=O) groups is 1. The summed E-state index contributed by atoms with van der Waals surface area (Å²) in [5.41, 5.74) is 1.96. The third-order valence-corrected chi connectivity index (χ3v) is 4.57. The number of aromatic hydroxyl groups is 1. The molecular formula is C19H21ClN2O2. The number of carbonyl (C=O) groups excluding carboxylic acids is 1. The fourth-order valence-corrected chi connectivity index (χ4v) is 3.20. The van der Waals surface area contributed by atoms with Crippen LogP contribution >= 0.6 is 11.6 Å². The first-order chi connectivity index (χ1) is 11.6. The molecule has 4 nitrogen and oxygen atoms in total. The molecule has 1 fully saturated rings. The largest absolute Gasteiger partial charge is 0.507 e. The predicted octanol–water partition coefficient (Wildman–Crippen LogP) is 3.58. The van der Waals surface area contributed by atoms with Gasteiger partial charge in [-0.15, -0.1) is 0 Å².